The molecule has 0 fully saturated rings. The maximum absolute atomic E-state index is 11.0. The number of carbonyl (C=O) groups is 1. The maximum Gasteiger partial charge on any atom is 0.336 e. The fraction of sp³-hybridized carbons (Fsp3) is 0.100. The van der Waals surface area contributed by atoms with Crippen LogP contribution in [0.3, 0.4) is 0 Å². The number of carboxylic acids is 1. The van der Waals surface area contributed by atoms with E-state index in [2.05, 4.69) is 25.9 Å². The standard InChI is InChI=1S/C10H12BrN5O2/c1-4-2-6(11)5(8(17)18)3-7(4)15-10(14)16-9(12)13/h2-3H,1H3,(H,17,18)(H6,12,13,14,15,16). The monoisotopic (exact) mass is 313 g/mol. The van der Waals surface area contributed by atoms with E-state index in [0.29, 0.717) is 10.2 Å². The normalized spacial score (nSPS) is 11.1. The number of benzene rings is 1. The lowest BCUT2D eigenvalue weighted by molar-refractivity contribution is 0.0696. The number of nitrogens with two attached hydrogens (primary N) is 3. The van der Waals surface area contributed by atoms with Crippen molar-refractivity contribution in [1.29, 1.82) is 0 Å². The molecule has 0 spiro atoms. The molecule has 7 N–H and O–H groups in total. The number of aryl methyl sites for hydroxylation is 1. The third-order valence-corrected chi connectivity index (χ3v) is 2.65. The summed E-state index contributed by atoms with van der Waals surface area (Å²) in [6.45, 7) is 1.76. The molecule has 0 aliphatic rings. The molecule has 0 saturated carbocycles. The van der Waals surface area contributed by atoms with E-state index in [9.17, 15) is 4.79 Å². The van der Waals surface area contributed by atoms with Crippen molar-refractivity contribution in [2.45, 2.75) is 6.92 Å². The predicted octanol–water partition coefficient (Wildman–Crippen LogP) is 0.675. The number of carboxylic acid groups (broad SMARTS) is 1. The van der Waals surface area contributed by atoms with Crippen molar-refractivity contribution in [3.05, 3.63) is 27.7 Å². The van der Waals surface area contributed by atoms with E-state index in [-0.39, 0.29) is 17.5 Å². The van der Waals surface area contributed by atoms with E-state index in [1.165, 1.54) is 6.07 Å². The van der Waals surface area contributed by atoms with E-state index in [1.807, 2.05) is 0 Å². The van der Waals surface area contributed by atoms with Crippen LogP contribution in [0.5, 0.6) is 0 Å². The Balaban J connectivity index is 3.30. The second kappa shape index (κ2) is 5.50. The lowest BCUT2D eigenvalue weighted by Gasteiger charge is -2.05. The van der Waals surface area contributed by atoms with Crippen LogP contribution < -0.4 is 17.2 Å². The summed E-state index contributed by atoms with van der Waals surface area (Å²) in [4.78, 5) is 18.5. The molecule has 18 heavy (non-hydrogen) atoms. The number of hydrogen-bond acceptors (Lipinski definition) is 2. The molecular formula is C10H12BrN5O2. The van der Waals surface area contributed by atoms with Gasteiger partial charge in [0.1, 0.15) is 0 Å². The van der Waals surface area contributed by atoms with Gasteiger partial charge >= 0.3 is 5.97 Å². The number of aromatic carboxylic acids is 1. The van der Waals surface area contributed by atoms with Gasteiger partial charge in [-0.1, -0.05) is 0 Å². The summed E-state index contributed by atoms with van der Waals surface area (Å²) < 4.78 is 0.465. The Morgan fingerprint density at radius 3 is 2.44 bits per heavy atom. The van der Waals surface area contributed by atoms with Crippen LogP contribution in [0.1, 0.15) is 15.9 Å². The average molecular weight is 314 g/mol. The Labute approximate surface area is 112 Å². The highest BCUT2D eigenvalue weighted by Gasteiger charge is 2.11. The second-order valence-corrected chi connectivity index (χ2v) is 4.28. The van der Waals surface area contributed by atoms with Crippen molar-refractivity contribution in [1.82, 2.24) is 0 Å². The molecule has 0 aromatic heterocycles. The van der Waals surface area contributed by atoms with E-state index in [4.69, 9.17) is 22.3 Å². The van der Waals surface area contributed by atoms with Crippen molar-refractivity contribution in [3.8, 4) is 0 Å². The number of guanidine groups is 2. The molecule has 1 aromatic carbocycles. The zero-order valence-corrected chi connectivity index (χ0v) is 11.1. The minimum atomic E-state index is -1.07. The fourth-order valence-electron chi connectivity index (χ4n) is 1.23. The number of aliphatic imine (C=N–C) groups is 2. The van der Waals surface area contributed by atoms with Crippen LogP contribution >= 0.6 is 15.9 Å². The first-order valence-corrected chi connectivity index (χ1v) is 5.57. The minimum Gasteiger partial charge on any atom is -0.478 e. The highest BCUT2D eigenvalue weighted by atomic mass is 79.9. The number of rotatable bonds is 2. The van der Waals surface area contributed by atoms with Gasteiger partial charge in [-0.2, -0.15) is 4.99 Å². The molecule has 7 nitrogen and oxygen atoms in total. The zero-order chi connectivity index (χ0) is 13.9. The molecule has 8 heteroatoms. The Bertz CT molecular complexity index is 549. The van der Waals surface area contributed by atoms with E-state index < -0.39 is 5.97 Å². The summed E-state index contributed by atoms with van der Waals surface area (Å²) >= 11 is 3.16. The van der Waals surface area contributed by atoms with Gasteiger partial charge in [-0.25, -0.2) is 9.79 Å². The van der Waals surface area contributed by atoms with E-state index >= 15 is 0 Å². The van der Waals surface area contributed by atoms with Crippen LogP contribution in [-0.2, 0) is 0 Å². The Morgan fingerprint density at radius 2 is 1.94 bits per heavy atom. The number of hydrogen-bond donors (Lipinski definition) is 4. The first-order valence-electron chi connectivity index (χ1n) is 4.78. The largest absolute Gasteiger partial charge is 0.478 e. The topological polar surface area (TPSA) is 140 Å². The van der Waals surface area contributed by atoms with Gasteiger partial charge in [0.25, 0.3) is 0 Å². The zero-order valence-electron chi connectivity index (χ0n) is 9.51. The van der Waals surface area contributed by atoms with Crippen LogP contribution in [0.2, 0.25) is 0 Å². The third-order valence-electron chi connectivity index (χ3n) is 1.99. The van der Waals surface area contributed by atoms with Crippen LogP contribution in [0.4, 0.5) is 5.69 Å². The van der Waals surface area contributed by atoms with Crippen molar-refractivity contribution >= 4 is 39.5 Å². The highest BCUT2D eigenvalue weighted by molar-refractivity contribution is 9.10. The van der Waals surface area contributed by atoms with Gasteiger partial charge in [0.05, 0.1) is 11.3 Å². The smallest absolute Gasteiger partial charge is 0.336 e. The first-order chi connectivity index (χ1) is 8.31. The molecule has 0 atom stereocenters. The second-order valence-electron chi connectivity index (χ2n) is 3.43. The Kier molecular flexibility index (Phi) is 4.27. The molecule has 0 amide bonds. The molecule has 0 radical (unpaired) electrons. The van der Waals surface area contributed by atoms with Gasteiger partial charge in [0.2, 0.25) is 5.96 Å². The van der Waals surface area contributed by atoms with E-state index in [0.717, 1.165) is 5.56 Å². The van der Waals surface area contributed by atoms with Crippen molar-refractivity contribution in [2.75, 3.05) is 0 Å². The molecule has 0 bridgehead atoms. The van der Waals surface area contributed by atoms with Gasteiger partial charge in [-0.15, -0.1) is 0 Å². The molecule has 0 saturated heterocycles. The predicted molar refractivity (Wildman–Crippen MR) is 72.9 cm³/mol. The van der Waals surface area contributed by atoms with Crippen molar-refractivity contribution in [3.63, 3.8) is 0 Å². The first kappa shape index (κ1) is 14.0. The molecule has 0 heterocycles. The van der Waals surface area contributed by atoms with Crippen LogP contribution in [0.15, 0.2) is 26.6 Å². The Morgan fingerprint density at radius 1 is 1.33 bits per heavy atom. The number of halogens is 1. The van der Waals surface area contributed by atoms with Gasteiger partial charge in [-0.3, -0.25) is 0 Å². The summed E-state index contributed by atoms with van der Waals surface area (Å²) in [5, 5.41) is 8.98. The highest BCUT2D eigenvalue weighted by Crippen LogP contribution is 2.27. The molecule has 1 aromatic rings. The van der Waals surface area contributed by atoms with Crippen LogP contribution in [0, 0.1) is 6.92 Å². The van der Waals surface area contributed by atoms with Gasteiger partial charge in [-0.05, 0) is 40.5 Å². The average Bonchev–Trinajstić information content (AvgIpc) is 2.20. The molecular weight excluding hydrogens is 302 g/mol. The lowest BCUT2D eigenvalue weighted by atomic mass is 10.1. The molecule has 0 aliphatic heterocycles. The minimum absolute atomic E-state index is 0.0804. The molecule has 0 aliphatic carbocycles. The molecule has 1 rings (SSSR count). The molecule has 0 unspecified atom stereocenters. The van der Waals surface area contributed by atoms with Crippen LogP contribution in [0.25, 0.3) is 0 Å². The van der Waals surface area contributed by atoms with Gasteiger partial charge < -0.3 is 22.3 Å². The SMILES string of the molecule is Cc1cc(Br)c(C(=O)O)cc1N=C(N)N=C(N)N. The fourth-order valence-corrected chi connectivity index (χ4v) is 1.85. The van der Waals surface area contributed by atoms with Crippen molar-refractivity contribution in [2.24, 2.45) is 27.2 Å². The summed E-state index contributed by atoms with van der Waals surface area (Å²) in [5.74, 6) is -1.43. The van der Waals surface area contributed by atoms with Crippen molar-refractivity contribution < 1.29 is 9.90 Å². The molecule has 96 valence electrons. The third kappa shape index (κ3) is 3.45. The summed E-state index contributed by atoms with van der Waals surface area (Å²) in [6, 6.07) is 3.02. The number of nitrogens with zero attached hydrogens (tertiary/aromatic N) is 2. The Hall–Kier alpha value is -2.09. The lowest BCUT2D eigenvalue weighted by Crippen LogP contribution is -2.26. The van der Waals surface area contributed by atoms with Gasteiger partial charge in [0, 0.05) is 4.47 Å². The quantitative estimate of drug-likeness (QED) is 0.469. The maximum atomic E-state index is 11.0. The van der Waals surface area contributed by atoms with Crippen LogP contribution in [-0.4, -0.2) is 23.0 Å². The van der Waals surface area contributed by atoms with Gasteiger partial charge in [0.15, 0.2) is 5.96 Å². The summed E-state index contributed by atoms with van der Waals surface area (Å²) in [5.41, 5.74) is 17.0. The van der Waals surface area contributed by atoms with E-state index in [1.54, 1.807) is 13.0 Å². The summed E-state index contributed by atoms with van der Waals surface area (Å²) in [6.07, 6.45) is 0. The summed E-state index contributed by atoms with van der Waals surface area (Å²) in [7, 11) is 0.